The molecule has 2 aliphatic rings. The van der Waals surface area contributed by atoms with E-state index in [1.54, 1.807) is 4.90 Å². The van der Waals surface area contributed by atoms with Gasteiger partial charge in [0.1, 0.15) is 0 Å². The van der Waals surface area contributed by atoms with Gasteiger partial charge in [0.05, 0.1) is 6.04 Å². The number of carbonyl (C=O) groups is 2. The molecular weight excluding hydrogens is 366 g/mol. The first-order valence-electron chi connectivity index (χ1n) is 10.3. The number of amides is 3. The van der Waals surface area contributed by atoms with Crippen molar-refractivity contribution in [2.75, 3.05) is 32.0 Å². The summed E-state index contributed by atoms with van der Waals surface area (Å²) in [6.45, 7) is 7.63. The first-order chi connectivity index (χ1) is 13.9. The summed E-state index contributed by atoms with van der Waals surface area (Å²) in [4.78, 5) is 31.9. The van der Waals surface area contributed by atoms with Crippen LogP contribution in [0.5, 0.6) is 0 Å². The lowest BCUT2D eigenvalue weighted by Gasteiger charge is -2.41. The third-order valence-electron chi connectivity index (χ3n) is 6.06. The maximum atomic E-state index is 12.6. The molecule has 1 aromatic carbocycles. The van der Waals surface area contributed by atoms with Gasteiger partial charge in [-0.3, -0.25) is 9.69 Å². The molecule has 29 heavy (non-hydrogen) atoms. The average Bonchev–Trinajstić information content (AvgIpc) is 3.08. The van der Waals surface area contributed by atoms with Gasteiger partial charge in [-0.15, -0.1) is 0 Å². The molecule has 7 heteroatoms. The van der Waals surface area contributed by atoms with Crippen LogP contribution in [0.15, 0.2) is 24.4 Å². The molecule has 0 fully saturated rings. The van der Waals surface area contributed by atoms with Gasteiger partial charge >= 0.3 is 6.03 Å². The van der Waals surface area contributed by atoms with Crippen molar-refractivity contribution in [1.82, 2.24) is 20.1 Å². The second-order valence-corrected chi connectivity index (χ2v) is 7.92. The lowest BCUT2D eigenvalue weighted by Crippen LogP contribution is -2.52. The summed E-state index contributed by atoms with van der Waals surface area (Å²) in [7, 11) is 2.10. The summed E-state index contributed by atoms with van der Waals surface area (Å²) >= 11 is 0. The van der Waals surface area contributed by atoms with Gasteiger partial charge in [0.25, 0.3) is 0 Å². The van der Waals surface area contributed by atoms with Crippen LogP contribution in [-0.2, 0) is 11.2 Å². The highest BCUT2D eigenvalue weighted by Crippen LogP contribution is 2.43. The smallest absolute Gasteiger partial charge is 0.317 e. The van der Waals surface area contributed by atoms with Crippen molar-refractivity contribution in [3.63, 3.8) is 0 Å². The number of hydrogen-bond acceptors (Lipinski definition) is 3. The maximum Gasteiger partial charge on any atom is 0.317 e. The molecule has 3 N–H and O–H groups in total. The molecule has 4 rings (SSSR count). The summed E-state index contributed by atoms with van der Waals surface area (Å²) in [5.74, 6) is -0.0871. The fourth-order valence-corrected chi connectivity index (χ4v) is 4.68. The molecule has 1 aromatic heterocycles. The fourth-order valence-electron chi connectivity index (χ4n) is 4.68. The molecular formula is C22H29N5O2. The van der Waals surface area contributed by atoms with Crippen LogP contribution in [0.25, 0.3) is 16.5 Å². The van der Waals surface area contributed by atoms with E-state index in [4.69, 9.17) is 0 Å². The predicted octanol–water partition coefficient (Wildman–Crippen LogP) is 2.80. The number of fused-ring (bicyclic) bond motifs is 2. The molecule has 2 heterocycles. The van der Waals surface area contributed by atoms with Gasteiger partial charge < -0.3 is 20.5 Å². The van der Waals surface area contributed by atoms with E-state index in [-0.39, 0.29) is 24.0 Å². The van der Waals surface area contributed by atoms with Gasteiger partial charge in [0.15, 0.2) is 0 Å². The van der Waals surface area contributed by atoms with Gasteiger partial charge in [0.2, 0.25) is 5.91 Å². The Balaban J connectivity index is 1.78. The van der Waals surface area contributed by atoms with E-state index >= 15 is 0 Å². The predicted molar refractivity (Wildman–Crippen MR) is 116 cm³/mol. The first kappa shape index (κ1) is 19.5. The Kier molecular flexibility index (Phi) is 5.08. The van der Waals surface area contributed by atoms with Gasteiger partial charge in [-0.05, 0) is 50.6 Å². The number of aromatic amines is 1. The second kappa shape index (κ2) is 7.55. The normalized spacial score (nSPS) is 20.8. The topological polar surface area (TPSA) is 80.5 Å². The molecule has 1 aliphatic heterocycles. The summed E-state index contributed by atoms with van der Waals surface area (Å²) in [5, 5.41) is 7.34. The third kappa shape index (κ3) is 3.40. The third-order valence-corrected chi connectivity index (χ3v) is 6.06. The van der Waals surface area contributed by atoms with Crippen LogP contribution < -0.4 is 10.6 Å². The first-order valence-corrected chi connectivity index (χ1v) is 10.3. The Labute approximate surface area is 171 Å². The van der Waals surface area contributed by atoms with Crippen LogP contribution in [0.1, 0.15) is 31.9 Å². The van der Waals surface area contributed by atoms with Crippen LogP contribution in [0.3, 0.4) is 0 Å². The Morgan fingerprint density at radius 2 is 2.03 bits per heavy atom. The molecule has 0 spiro atoms. The molecule has 0 unspecified atom stereocenters. The van der Waals surface area contributed by atoms with E-state index in [0.717, 1.165) is 29.7 Å². The lowest BCUT2D eigenvalue weighted by molar-refractivity contribution is -0.114. The standard InChI is InChI=1S/C22H29N5O2/c1-5-27(6-2)22(29)25-15-10-16-19(26(4)12-15)9-14-11-23-17-7-8-18(24-13(3)28)21(16)20(14)17/h7-8,10-11,15,19,23H,5-6,9,12H2,1-4H3,(H,24,28)(H,25,29)/t15-,19+/m0/s1. The highest BCUT2D eigenvalue weighted by Gasteiger charge is 2.35. The van der Waals surface area contributed by atoms with E-state index in [1.165, 1.54) is 23.4 Å². The van der Waals surface area contributed by atoms with Crippen LogP contribution in [0, 0.1) is 0 Å². The van der Waals surface area contributed by atoms with Crippen LogP contribution in [0.4, 0.5) is 10.5 Å². The van der Waals surface area contributed by atoms with Crippen molar-refractivity contribution in [3.05, 3.63) is 35.5 Å². The van der Waals surface area contributed by atoms with Crippen LogP contribution >= 0.6 is 0 Å². The monoisotopic (exact) mass is 395 g/mol. The Hall–Kier alpha value is -2.80. The van der Waals surface area contributed by atoms with Gasteiger partial charge in [-0.2, -0.15) is 0 Å². The number of rotatable bonds is 4. The molecule has 2 aromatic rings. The average molecular weight is 396 g/mol. The molecule has 0 saturated heterocycles. The summed E-state index contributed by atoms with van der Waals surface area (Å²) in [6.07, 6.45) is 5.17. The number of urea groups is 1. The number of hydrogen-bond donors (Lipinski definition) is 3. The summed E-state index contributed by atoms with van der Waals surface area (Å²) in [5.41, 5.74) is 5.40. The highest BCUT2D eigenvalue weighted by molar-refractivity contribution is 6.06. The number of nitrogens with one attached hydrogen (secondary N) is 3. The van der Waals surface area contributed by atoms with Crippen molar-refractivity contribution in [2.45, 2.75) is 39.3 Å². The minimum atomic E-state index is -0.0871. The van der Waals surface area contributed by atoms with Crippen molar-refractivity contribution < 1.29 is 9.59 Å². The second-order valence-electron chi connectivity index (χ2n) is 7.92. The largest absolute Gasteiger partial charge is 0.361 e. The maximum absolute atomic E-state index is 12.6. The molecule has 0 saturated carbocycles. The number of nitrogens with zero attached hydrogens (tertiary/aromatic N) is 2. The molecule has 7 nitrogen and oxygen atoms in total. The molecule has 3 amide bonds. The number of likely N-dealkylation sites (N-methyl/N-ethyl adjacent to an activating group) is 1. The number of anilines is 1. The summed E-state index contributed by atoms with van der Waals surface area (Å²) < 4.78 is 0. The van der Waals surface area contributed by atoms with E-state index in [0.29, 0.717) is 13.1 Å². The van der Waals surface area contributed by atoms with Gasteiger partial charge in [-0.1, -0.05) is 6.08 Å². The molecule has 0 radical (unpaired) electrons. The molecule has 1 aliphatic carbocycles. The van der Waals surface area contributed by atoms with Crippen molar-refractivity contribution in [2.24, 2.45) is 0 Å². The van der Waals surface area contributed by atoms with E-state index in [1.807, 2.05) is 26.0 Å². The zero-order valence-corrected chi connectivity index (χ0v) is 17.5. The van der Waals surface area contributed by atoms with Crippen molar-refractivity contribution >= 4 is 34.1 Å². The minimum absolute atomic E-state index is 0.0397. The fraction of sp³-hybridized carbons (Fsp3) is 0.455. The molecule has 154 valence electrons. The Morgan fingerprint density at radius 1 is 1.28 bits per heavy atom. The lowest BCUT2D eigenvalue weighted by atomic mass is 9.80. The molecule has 0 bridgehead atoms. The Morgan fingerprint density at radius 3 is 2.72 bits per heavy atom. The SMILES string of the molecule is CCN(CC)C(=O)N[C@H]1C=C2c3c(NC(C)=O)ccc4[nH]cc(c34)C[C@H]2N(C)C1. The van der Waals surface area contributed by atoms with Crippen molar-refractivity contribution in [1.29, 1.82) is 0 Å². The van der Waals surface area contributed by atoms with Crippen molar-refractivity contribution in [3.8, 4) is 0 Å². The number of H-pyrrole nitrogens is 1. The number of benzene rings is 1. The highest BCUT2D eigenvalue weighted by atomic mass is 16.2. The number of aromatic nitrogens is 1. The zero-order chi connectivity index (χ0) is 20.7. The Bertz CT molecular complexity index is 988. The van der Waals surface area contributed by atoms with Crippen LogP contribution in [-0.4, -0.2) is 65.5 Å². The number of carbonyl (C=O) groups excluding carboxylic acids is 2. The van der Waals surface area contributed by atoms with Crippen LogP contribution in [0.2, 0.25) is 0 Å². The summed E-state index contributed by atoms with van der Waals surface area (Å²) in [6, 6.07) is 4.07. The van der Waals surface area contributed by atoms with E-state index in [9.17, 15) is 9.59 Å². The minimum Gasteiger partial charge on any atom is -0.361 e. The van der Waals surface area contributed by atoms with E-state index in [2.05, 4.69) is 39.8 Å². The van der Waals surface area contributed by atoms with E-state index < -0.39 is 0 Å². The quantitative estimate of drug-likeness (QED) is 0.745. The molecule has 2 atom stereocenters. The van der Waals surface area contributed by atoms with Gasteiger partial charge in [-0.25, -0.2) is 4.79 Å². The zero-order valence-electron chi connectivity index (χ0n) is 17.5. The van der Waals surface area contributed by atoms with Gasteiger partial charge in [0, 0.05) is 61.0 Å².